The molecular formula is C13H13NO2S. The van der Waals surface area contributed by atoms with Crippen molar-refractivity contribution >= 4 is 22.9 Å². The minimum atomic E-state index is -0.778. The fourth-order valence-corrected chi connectivity index (χ4v) is 2.95. The molecule has 0 saturated heterocycles. The highest BCUT2D eigenvalue weighted by Crippen LogP contribution is 2.59. The number of carboxylic acids is 1. The quantitative estimate of drug-likeness (QED) is 0.835. The fraction of sp³-hybridized carbons (Fsp3) is 0.385. The molecule has 2 unspecified atom stereocenters. The first-order chi connectivity index (χ1) is 7.98. The van der Waals surface area contributed by atoms with Crippen LogP contribution in [0.25, 0.3) is 5.57 Å². The lowest BCUT2D eigenvalue weighted by Gasteiger charge is -1.97. The molecule has 0 radical (unpaired) electrons. The van der Waals surface area contributed by atoms with E-state index in [1.807, 2.05) is 37.4 Å². The van der Waals surface area contributed by atoms with Crippen molar-refractivity contribution in [1.29, 1.82) is 5.26 Å². The van der Waals surface area contributed by atoms with E-state index in [1.54, 1.807) is 0 Å². The Hall–Kier alpha value is -1.60. The van der Waals surface area contributed by atoms with Crippen molar-refractivity contribution < 1.29 is 9.90 Å². The van der Waals surface area contributed by atoms with Gasteiger partial charge in [0.25, 0.3) is 0 Å². The molecule has 1 aliphatic rings. The Labute approximate surface area is 104 Å². The van der Waals surface area contributed by atoms with Crippen molar-refractivity contribution in [2.75, 3.05) is 0 Å². The molecule has 88 valence electrons. The van der Waals surface area contributed by atoms with Gasteiger partial charge in [0.2, 0.25) is 0 Å². The maximum atomic E-state index is 11.0. The average molecular weight is 247 g/mol. The van der Waals surface area contributed by atoms with Crippen LogP contribution in [0, 0.1) is 28.6 Å². The molecule has 1 saturated carbocycles. The minimum Gasteiger partial charge on any atom is -0.481 e. The Bertz CT molecular complexity index is 508. The van der Waals surface area contributed by atoms with Gasteiger partial charge in [-0.15, -0.1) is 11.3 Å². The molecule has 0 aromatic carbocycles. The van der Waals surface area contributed by atoms with Gasteiger partial charge < -0.3 is 5.11 Å². The molecular weight excluding hydrogens is 234 g/mol. The highest BCUT2D eigenvalue weighted by atomic mass is 32.1. The summed E-state index contributed by atoms with van der Waals surface area (Å²) in [5, 5.41) is 20.1. The third-order valence-corrected chi connectivity index (χ3v) is 4.33. The molecule has 0 spiro atoms. The molecule has 1 fully saturated rings. The third-order valence-electron chi connectivity index (χ3n) is 3.43. The van der Waals surface area contributed by atoms with Gasteiger partial charge in [-0.2, -0.15) is 5.26 Å². The average Bonchev–Trinajstić information content (AvgIpc) is 2.69. The van der Waals surface area contributed by atoms with E-state index in [1.165, 1.54) is 11.3 Å². The second-order valence-corrected chi connectivity index (χ2v) is 5.78. The molecule has 17 heavy (non-hydrogen) atoms. The first-order valence-corrected chi connectivity index (χ1v) is 6.25. The molecule has 1 aromatic rings. The molecule has 0 aliphatic heterocycles. The van der Waals surface area contributed by atoms with E-state index in [-0.39, 0.29) is 17.3 Å². The van der Waals surface area contributed by atoms with Gasteiger partial charge in [0.15, 0.2) is 0 Å². The second-order valence-electron chi connectivity index (χ2n) is 4.83. The number of thiophene rings is 1. The van der Waals surface area contributed by atoms with Crippen molar-refractivity contribution in [2.24, 2.45) is 17.3 Å². The Morgan fingerprint density at radius 2 is 2.35 bits per heavy atom. The second kappa shape index (κ2) is 4.01. The van der Waals surface area contributed by atoms with Gasteiger partial charge in [0.05, 0.1) is 11.5 Å². The van der Waals surface area contributed by atoms with Crippen LogP contribution in [0.1, 0.15) is 18.7 Å². The van der Waals surface area contributed by atoms with Gasteiger partial charge in [-0.1, -0.05) is 26.0 Å². The van der Waals surface area contributed by atoms with E-state index >= 15 is 0 Å². The van der Waals surface area contributed by atoms with Gasteiger partial charge in [0, 0.05) is 4.88 Å². The lowest BCUT2D eigenvalue weighted by molar-refractivity contribution is -0.139. The SMILES string of the molecule is CC1(C)C(C=C(C#N)c2cccs2)C1C(=O)O. The number of carboxylic acid groups (broad SMARTS) is 1. The summed E-state index contributed by atoms with van der Waals surface area (Å²) >= 11 is 1.50. The minimum absolute atomic E-state index is 0.0447. The number of allylic oxidation sites excluding steroid dienone is 2. The third kappa shape index (κ3) is 1.98. The van der Waals surface area contributed by atoms with E-state index in [0.717, 1.165) is 4.88 Å². The molecule has 3 nitrogen and oxygen atoms in total. The van der Waals surface area contributed by atoms with Gasteiger partial charge in [-0.05, 0) is 22.8 Å². The van der Waals surface area contributed by atoms with E-state index < -0.39 is 5.97 Å². The smallest absolute Gasteiger partial charge is 0.307 e. The lowest BCUT2D eigenvalue weighted by atomic mass is 10.1. The molecule has 0 bridgehead atoms. The standard InChI is InChI=1S/C13H13NO2S/c1-13(2)9(11(13)12(15)16)6-8(7-14)10-4-3-5-17-10/h3-6,9,11H,1-2H3,(H,15,16). The Balaban J connectivity index is 2.27. The van der Waals surface area contributed by atoms with E-state index in [0.29, 0.717) is 5.57 Å². The van der Waals surface area contributed by atoms with Crippen LogP contribution in [0.3, 0.4) is 0 Å². The first-order valence-electron chi connectivity index (χ1n) is 5.37. The summed E-state index contributed by atoms with van der Waals surface area (Å²) < 4.78 is 0. The van der Waals surface area contributed by atoms with Gasteiger partial charge >= 0.3 is 5.97 Å². The number of aliphatic carboxylic acids is 1. The Morgan fingerprint density at radius 1 is 1.65 bits per heavy atom. The predicted octanol–water partition coefficient (Wildman–Crippen LogP) is 3.01. The van der Waals surface area contributed by atoms with Crippen molar-refractivity contribution in [1.82, 2.24) is 0 Å². The lowest BCUT2D eigenvalue weighted by Crippen LogP contribution is -2.03. The number of hydrogen-bond donors (Lipinski definition) is 1. The van der Waals surface area contributed by atoms with Crippen molar-refractivity contribution in [3.8, 4) is 6.07 Å². The molecule has 1 N–H and O–H groups in total. The number of rotatable bonds is 3. The van der Waals surface area contributed by atoms with Crippen LogP contribution in [0.5, 0.6) is 0 Å². The first kappa shape index (κ1) is 11.9. The Morgan fingerprint density at radius 3 is 2.76 bits per heavy atom. The van der Waals surface area contributed by atoms with Gasteiger partial charge in [-0.3, -0.25) is 4.79 Å². The van der Waals surface area contributed by atoms with E-state index in [2.05, 4.69) is 6.07 Å². The molecule has 0 amide bonds. The fourth-order valence-electron chi connectivity index (χ4n) is 2.25. The Kier molecular flexibility index (Phi) is 2.80. The topological polar surface area (TPSA) is 61.1 Å². The monoisotopic (exact) mass is 247 g/mol. The maximum Gasteiger partial charge on any atom is 0.307 e. The largest absolute Gasteiger partial charge is 0.481 e. The van der Waals surface area contributed by atoms with E-state index in [4.69, 9.17) is 10.4 Å². The maximum absolute atomic E-state index is 11.0. The van der Waals surface area contributed by atoms with Crippen molar-refractivity contribution in [3.05, 3.63) is 28.5 Å². The molecule has 1 heterocycles. The molecule has 4 heteroatoms. The molecule has 2 atom stereocenters. The van der Waals surface area contributed by atoms with E-state index in [9.17, 15) is 4.79 Å². The van der Waals surface area contributed by atoms with Crippen LogP contribution < -0.4 is 0 Å². The van der Waals surface area contributed by atoms with Crippen LogP contribution >= 0.6 is 11.3 Å². The zero-order valence-electron chi connectivity index (χ0n) is 9.68. The van der Waals surface area contributed by atoms with Crippen molar-refractivity contribution in [3.63, 3.8) is 0 Å². The predicted molar refractivity (Wildman–Crippen MR) is 66.3 cm³/mol. The van der Waals surface area contributed by atoms with Crippen LogP contribution in [0.15, 0.2) is 23.6 Å². The van der Waals surface area contributed by atoms with Crippen LogP contribution in [0.4, 0.5) is 0 Å². The highest BCUT2D eigenvalue weighted by molar-refractivity contribution is 7.11. The molecule has 1 aromatic heterocycles. The summed E-state index contributed by atoms with van der Waals surface area (Å²) in [4.78, 5) is 11.9. The molecule has 2 rings (SSSR count). The van der Waals surface area contributed by atoms with Crippen LogP contribution in [-0.4, -0.2) is 11.1 Å². The number of carbonyl (C=O) groups is 1. The number of nitriles is 1. The van der Waals surface area contributed by atoms with Gasteiger partial charge in [-0.25, -0.2) is 0 Å². The number of hydrogen-bond acceptors (Lipinski definition) is 3. The number of nitrogens with zero attached hydrogens (tertiary/aromatic N) is 1. The van der Waals surface area contributed by atoms with Crippen LogP contribution in [-0.2, 0) is 4.79 Å². The zero-order valence-corrected chi connectivity index (χ0v) is 10.5. The molecule has 1 aliphatic carbocycles. The summed E-state index contributed by atoms with van der Waals surface area (Å²) in [6, 6.07) is 5.92. The zero-order chi connectivity index (χ0) is 12.6. The van der Waals surface area contributed by atoms with Gasteiger partial charge in [0.1, 0.15) is 6.07 Å². The van der Waals surface area contributed by atoms with Crippen molar-refractivity contribution in [2.45, 2.75) is 13.8 Å². The normalized spacial score (nSPS) is 26.3. The summed E-state index contributed by atoms with van der Waals surface area (Å²) in [5.41, 5.74) is 0.340. The van der Waals surface area contributed by atoms with Crippen LogP contribution in [0.2, 0.25) is 0 Å². The summed E-state index contributed by atoms with van der Waals surface area (Å²) in [7, 11) is 0. The summed E-state index contributed by atoms with van der Waals surface area (Å²) in [6.45, 7) is 3.85. The highest BCUT2D eigenvalue weighted by Gasteiger charge is 2.61. The summed E-state index contributed by atoms with van der Waals surface area (Å²) in [5.74, 6) is -1.19. The summed E-state index contributed by atoms with van der Waals surface area (Å²) in [6.07, 6.45) is 1.81.